The molecule has 0 unspecified atom stereocenters. The zero-order chi connectivity index (χ0) is 25.0. The van der Waals surface area contributed by atoms with E-state index in [1.807, 2.05) is 6.92 Å². The van der Waals surface area contributed by atoms with Crippen LogP contribution in [0.1, 0.15) is 52.0 Å². The van der Waals surface area contributed by atoms with E-state index in [0.717, 1.165) is 4.88 Å². The smallest absolute Gasteiger partial charge is 0.259 e. The molecule has 11 heteroatoms. The molecule has 35 heavy (non-hydrogen) atoms. The standard InChI is InChI=1S/C24H23N5O4S2/c1-14-8-16(17-9-15(10-25)4-5-20(17)33-3)18(11-26-14)22(30)28-23-27-19-12-29(13-21(19)34-23)35(31,32)24(2)6-7-24/h4-5,8-9,11H,6-7,12-13H2,1-3H3,(H,27,28,30). The molecule has 1 aromatic carbocycles. The Morgan fingerprint density at radius 3 is 2.69 bits per heavy atom. The summed E-state index contributed by atoms with van der Waals surface area (Å²) in [5.74, 6) is 0.127. The van der Waals surface area contributed by atoms with Gasteiger partial charge in [0.1, 0.15) is 5.75 Å². The highest BCUT2D eigenvalue weighted by atomic mass is 32.2. The van der Waals surface area contributed by atoms with Gasteiger partial charge in [-0.1, -0.05) is 11.3 Å². The summed E-state index contributed by atoms with van der Waals surface area (Å²) in [7, 11) is -1.83. The average molecular weight is 510 g/mol. The van der Waals surface area contributed by atoms with Crippen LogP contribution < -0.4 is 10.1 Å². The van der Waals surface area contributed by atoms with Crippen molar-refractivity contribution in [3.05, 3.63) is 57.9 Å². The van der Waals surface area contributed by atoms with E-state index in [0.29, 0.717) is 57.4 Å². The van der Waals surface area contributed by atoms with Crippen molar-refractivity contribution in [2.45, 2.75) is 44.5 Å². The third kappa shape index (κ3) is 4.07. The lowest BCUT2D eigenvalue weighted by molar-refractivity contribution is 0.102. The van der Waals surface area contributed by atoms with Crippen LogP contribution in [0.2, 0.25) is 0 Å². The van der Waals surface area contributed by atoms with Gasteiger partial charge in [-0.15, -0.1) is 0 Å². The SMILES string of the molecule is COc1ccc(C#N)cc1-c1cc(C)ncc1C(=O)Nc1nc2c(s1)CN(S(=O)(=O)C1(C)CC1)C2. The lowest BCUT2D eigenvalue weighted by Gasteiger charge is -2.20. The maximum absolute atomic E-state index is 13.3. The largest absolute Gasteiger partial charge is 0.496 e. The van der Waals surface area contributed by atoms with Gasteiger partial charge in [-0.2, -0.15) is 9.57 Å². The number of hydrogen-bond donors (Lipinski definition) is 1. The van der Waals surface area contributed by atoms with Crippen LogP contribution in [-0.2, 0) is 23.1 Å². The Balaban J connectivity index is 1.41. The second kappa shape index (κ2) is 8.41. The molecule has 0 spiro atoms. The van der Waals surface area contributed by atoms with Crippen LogP contribution in [0.5, 0.6) is 5.75 Å². The maximum atomic E-state index is 13.3. The van der Waals surface area contributed by atoms with E-state index < -0.39 is 20.7 Å². The number of aryl methyl sites for hydroxylation is 1. The molecule has 0 radical (unpaired) electrons. The Labute approximate surface area is 207 Å². The summed E-state index contributed by atoms with van der Waals surface area (Å²) in [6.45, 7) is 4.09. The fourth-order valence-electron chi connectivity index (χ4n) is 4.10. The molecule has 180 valence electrons. The number of benzene rings is 1. The number of nitrogens with one attached hydrogen (secondary N) is 1. The minimum atomic E-state index is -3.36. The van der Waals surface area contributed by atoms with Crippen molar-refractivity contribution in [2.75, 3.05) is 12.4 Å². The first kappa shape index (κ1) is 23.4. The molecule has 0 atom stereocenters. The van der Waals surface area contributed by atoms with Gasteiger partial charge in [0.2, 0.25) is 10.0 Å². The topological polar surface area (TPSA) is 125 Å². The van der Waals surface area contributed by atoms with Gasteiger partial charge in [-0.05, 0) is 51.0 Å². The van der Waals surface area contributed by atoms with E-state index in [1.54, 1.807) is 31.2 Å². The molecule has 0 bridgehead atoms. The number of rotatable bonds is 6. The number of thiazole rings is 1. The predicted molar refractivity (Wildman–Crippen MR) is 132 cm³/mol. The number of carbonyl (C=O) groups excluding carboxylic acids is 1. The molecular formula is C24H23N5O4S2. The molecule has 1 N–H and O–H groups in total. The minimum absolute atomic E-state index is 0.217. The van der Waals surface area contributed by atoms with Gasteiger partial charge >= 0.3 is 0 Å². The van der Waals surface area contributed by atoms with E-state index in [1.165, 1.54) is 28.9 Å². The molecule has 1 aliphatic heterocycles. The lowest BCUT2D eigenvalue weighted by atomic mass is 9.97. The summed E-state index contributed by atoms with van der Waals surface area (Å²) in [5.41, 5.74) is 3.33. The lowest BCUT2D eigenvalue weighted by Crippen LogP contribution is -2.35. The van der Waals surface area contributed by atoms with E-state index in [4.69, 9.17) is 4.74 Å². The predicted octanol–water partition coefficient (Wildman–Crippen LogP) is 3.84. The van der Waals surface area contributed by atoms with Gasteiger partial charge in [0.25, 0.3) is 5.91 Å². The number of methoxy groups -OCH3 is 1. The summed E-state index contributed by atoms with van der Waals surface area (Å²) in [4.78, 5) is 22.9. The molecule has 1 saturated carbocycles. The van der Waals surface area contributed by atoms with Crippen LogP contribution in [0.15, 0.2) is 30.5 Å². The number of nitrogens with zero attached hydrogens (tertiary/aromatic N) is 4. The fourth-order valence-corrected chi connectivity index (χ4v) is 6.99. The van der Waals surface area contributed by atoms with Crippen molar-refractivity contribution in [3.8, 4) is 22.9 Å². The third-order valence-corrected chi connectivity index (χ3v) is 10.1. The average Bonchev–Trinajstić information content (AvgIpc) is 3.31. The first-order chi connectivity index (χ1) is 16.6. The maximum Gasteiger partial charge on any atom is 0.259 e. The number of ether oxygens (including phenoxy) is 1. The number of hydrogen-bond acceptors (Lipinski definition) is 8. The Kier molecular flexibility index (Phi) is 5.62. The number of pyridine rings is 1. The van der Waals surface area contributed by atoms with Gasteiger partial charge in [0.15, 0.2) is 5.13 Å². The van der Waals surface area contributed by atoms with Gasteiger partial charge in [-0.3, -0.25) is 15.1 Å². The molecule has 1 fully saturated rings. The van der Waals surface area contributed by atoms with Crippen molar-refractivity contribution in [2.24, 2.45) is 0 Å². The summed E-state index contributed by atoms with van der Waals surface area (Å²) < 4.78 is 31.9. The highest BCUT2D eigenvalue weighted by Gasteiger charge is 2.53. The molecule has 0 saturated heterocycles. The summed E-state index contributed by atoms with van der Waals surface area (Å²) in [6.07, 6.45) is 2.86. The Bertz CT molecular complexity index is 1480. The Morgan fingerprint density at radius 2 is 2.03 bits per heavy atom. The van der Waals surface area contributed by atoms with Crippen LogP contribution >= 0.6 is 11.3 Å². The molecular weight excluding hydrogens is 486 g/mol. The van der Waals surface area contributed by atoms with Crippen molar-refractivity contribution in [3.63, 3.8) is 0 Å². The van der Waals surface area contributed by atoms with Crippen molar-refractivity contribution in [1.82, 2.24) is 14.3 Å². The molecule has 1 aliphatic carbocycles. The Hall–Kier alpha value is -3.33. The first-order valence-corrected chi connectivity index (χ1v) is 13.3. The van der Waals surface area contributed by atoms with E-state index >= 15 is 0 Å². The highest BCUT2D eigenvalue weighted by Crippen LogP contribution is 2.47. The molecule has 3 heterocycles. The number of sulfonamides is 1. The number of carbonyl (C=O) groups is 1. The van der Waals surface area contributed by atoms with Gasteiger partial charge in [-0.25, -0.2) is 13.4 Å². The molecule has 1 amide bonds. The molecule has 2 aliphatic rings. The third-order valence-electron chi connectivity index (χ3n) is 6.47. The first-order valence-electron chi connectivity index (χ1n) is 11.0. The second-order valence-corrected chi connectivity index (χ2v) is 12.5. The summed E-state index contributed by atoms with van der Waals surface area (Å²) >= 11 is 1.28. The van der Waals surface area contributed by atoms with Crippen molar-refractivity contribution >= 4 is 32.4 Å². The van der Waals surface area contributed by atoms with Crippen LogP contribution in [0, 0.1) is 18.3 Å². The molecule has 3 aromatic rings. The van der Waals surface area contributed by atoms with E-state index in [-0.39, 0.29) is 13.1 Å². The van der Waals surface area contributed by atoms with Gasteiger partial charge in [0, 0.05) is 27.9 Å². The number of fused-ring (bicyclic) bond motifs is 1. The quantitative estimate of drug-likeness (QED) is 0.535. The fraction of sp³-hybridized carbons (Fsp3) is 0.333. The van der Waals surface area contributed by atoms with Gasteiger partial charge < -0.3 is 4.74 Å². The summed E-state index contributed by atoms with van der Waals surface area (Å²) in [5, 5.41) is 12.6. The monoisotopic (exact) mass is 509 g/mol. The molecule has 9 nitrogen and oxygen atoms in total. The van der Waals surface area contributed by atoms with Crippen molar-refractivity contribution < 1.29 is 17.9 Å². The number of anilines is 1. The number of nitriles is 1. The highest BCUT2D eigenvalue weighted by molar-refractivity contribution is 7.90. The zero-order valence-electron chi connectivity index (χ0n) is 19.5. The summed E-state index contributed by atoms with van der Waals surface area (Å²) in [6, 6.07) is 8.91. The minimum Gasteiger partial charge on any atom is -0.496 e. The van der Waals surface area contributed by atoms with Gasteiger partial charge in [0.05, 0.1) is 47.8 Å². The van der Waals surface area contributed by atoms with E-state index in [2.05, 4.69) is 21.4 Å². The second-order valence-electron chi connectivity index (χ2n) is 8.96. The normalized spacial score (nSPS) is 16.4. The zero-order valence-corrected chi connectivity index (χ0v) is 21.1. The Morgan fingerprint density at radius 1 is 1.26 bits per heavy atom. The van der Waals surface area contributed by atoms with Crippen LogP contribution in [0.25, 0.3) is 11.1 Å². The number of amides is 1. The van der Waals surface area contributed by atoms with E-state index in [9.17, 15) is 18.5 Å². The molecule has 2 aromatic heterocycles. The molecule has 5 rings (SSSR count). The van der Waals surface area contributed by atoms with Crippen molar-refractivity contribution in [1.29, 1.82) is 5.26 Å². The van der Waals surface area contributed by atoms with Crippen LogP contribution in [0.3, 0.4) is 0 Å². The van der Waals surface area contributed by atoms with Crippen LogP contribution in [0.4, 0.5) is 5.13 Å². The van der Waals surface area contributed by atoms with Crippen LogP contribution in [-0.4, -0.2) is 40.5 Å². The number of aromatic nitrogens is 2.